The number of rotatable bonds is 3. The lowest BCUT2D eigenvalue weighted by Gasteiger charge is -2.23. The van der Waals surface area contributed by atoms with Crippen molar-refractivity contribution in [2.45, 2.75) is 19.4 Å². The molecule has 0 radical (unpaired) electrons. The third-order valence-electron chi connectivity index (χ3n) is 3.04. The van der Waals surface area contributed by atoms with Gasteiger partial charge in [0.1, 0.15) is 6.04 Å². The normalized spacial score (nSPS) is 17.1. The smallest absolute Gasteiger partial charge is 0.261 e. The Bertz CT molecular complexity index is 501. The van der Waals surface area contributed by atoms with Crippen LogP contribution in [0.4, 0.5) is 0 Å². The van der Waals surface area contributed by atoms with Crippen LogP contribution < -0.4 is 10.6 Å². The summed E-state index contributed by atoms with van der Waals surface area (Å²) in [7, 11) is 0. The number of amides is 3. The van der Waals surface area contributed by atoms with Gasteiger partial charge in [0.15, 0.2) is 0 Å². The van der Waals surface area contributed by atoms with E-state index >= 15 is 0 Å². The van der Waals surface area contributed by atoms with Crippen LogP contribution in [0.25, 0.3) is 0 Å². The minimum Gasteiger partial charge on any atom is -0.354 e. The zero-order valence-corrected chi connectivity index (χ0v) is 12.0. The highest BCUT2D eigenvalue weighted by atomic mass is 32.1. The molecule has 1 fully saturated rings. The first-order chi connectivity index (χ1) is 9.58. The van der Waals surface area contributed by atoms with Gasteiger partial charge in [0.2, 0.25) is 11.8 Å². The Morgan fingerprint density at radius 2 is 2.30 bits per heavy atom. The molecule has 108 valence electrons. The van der Waals surface area contributed by atoms with E-state index in [-0.39, 0.29) is 24.3 Å². The Labute approximate surface area is 121 Å². The molecule has 1 unspecified atom stereocenters. The van der Waals surface area contributed by atoms with E-state index in [2.05, 4.69) is 10.6 Å². The lowest BCUT2D eigenvalue weighted by atomic mass is 10.2. The molecule has 1 atom stereocenters. The summed E-state index contributed by atoms with van der Waals surface area (Å²) in [5.74, 6) is -0.653. The monoisotopic (exact) mass is 295 g/mol. The number of thiophene rings is 1. The van der Waals surface area contributed by atoms with E-state index in [1.165, 1.54) is 16.2 Å². The Kier molecular flexibility index (Phi) is 4.73. The van der Waals surface area contributed by atoms with E-state index < -0.39 is 6.04 Å². The molecule has 0 bridgehead atoms. The van der Waals surface area contributed by atoms with Gasteiger partial charge in [-0.1, -0.05) is 6.07 Å². The van der Waals surface area contributed by atoms with Crippen molar-refractivity contribution in [3.05, 3.63) is 22.4 Å². The standard InChI is InChI=1S/C13H17N3O3S/c1-9(15-12(18)10-4-2-7-20-10)13(19)16-6-3-5-14-11(17)8-16/h2,4,7,9H,3,5-6,8H2,1H3,(H,14,17)(H,15,18). The molecule has 6 nitrogen and oxygen atoms in total. The lowest BCUT2D eigenvalue weighted by Crippen LogP contribution is -2.48. The Morgan fingerprint density at radius 3 is 3.00 bits per heavy atom. The van der Waals surface area contributed by atoms with Gasteiger partial charge in [-0.05, 0) is 24.8 Å². The summed E-state index contributed by atoms with van der Waals surface area (Å²) in [5, 5.41) is 7.18. The fourth-order valence-electron chi connectivity index (χ4n) is 2.01. The van der Waals surface area contributed by atoms with Crippen molar-refractivity contribution < 1.29 is 14.4 Å². The number of nitrogens with one attached hydrogen (secondary N) is 2. The average Bonchev–Trinajstić information content (AvgIpc) is 2.87. The largest absolute Gasteiger partial charge is 0.354 e. The summed E-state index contributed by atoms with van der Waals surface area (Å²) in [5.41, 5.74) is 0. The highest BCUT2D eigenvalue weighted by Crippen LogP contribution is 2.09. The molecule has 0 spiro atoms. The topological polar surface area (TPSA) is 78.5 Å². The Morgan fingerprint density at radius 1 is 1.50 bits per heavy atom. The first-order valence-electron chi connectivity index (χ1n) is 6.48. The minimum absolute atomic E-state index is 0.0536. The summed E-state index contributed by atoms with van der Waals surface area (Å²) < 4.78 is 0. The van der Waals surface area contributed by atoms with Crippen molar-refractivity contribution in [3.8, 4) is 0 Å². The molecule has 0 saturated carbocycles. The molecular formula is C13H17N3O3S. The van der Waals surface area contributed by atoms with Crippen LogP contribution >= 0.6 is 11.3 Å². The molecule has 1 aliphatic heterocycles. The molecule has 2 N–H and O–H groups in total. The third kappa shape index (κ3) is 3.57. The van der Waals surface area contributed by atoms with Crippen LogP contribution in [0.3, 0.4) is 0 Å². The van der Waals surface area contributed by atoms with Gasteiger partial charge in [-0.2, -0.15) is 0 Å². The van der Waals surface area contributed by atoms with Gasteiger partial charge in [0.25, 0.3) is 5.91 Å². The van der Waals surface area contributed by atoms with Gasteiger partial charge in [0, 0.05) is 13.1 Å². The van der Waals surface area contributed by atoms with Crippen LogP contribution in [0.15, 0.2) is 17.5 Å². The molecule has 2 rings (SSSR count). The Hall–Kier alpha value is -1.89. The van der Waals surface area contributed by atoms with E-state index in [9.17, 15) is 14.4 Å². The van der Waals surface area contributed by atoms with E-state index in [4.69, 9.17) is 0 Å². The van der Waals surface area contributed by atoms with Crippen molar-refractivity contribution >= 4 is 29.1 Å². The van der Waals surface area contributed by atoms with Crippen LogP contribution in [0.5, 0.6) is 0 Å². The molecule has 1 aromatic rings. The maximum Gasteiger partial charge on any atom is 0.261 e. The molecule has 3 amide bonds. The van der Waals surface area contributed by atoms with E-state index in [1.807, 2.05) is 0 Å². The fourth-order valence-corrected chi connectivity index (χ4v) is 2.63. The van der Waals surface area contributed by atoms with Gasteiger partial charge >= 0.3 is 0 Å². The van der Waals surface area contributed by atoms with Crippen LogP contribution in [0, 0.1) is 0 Å². The molecule has 7 heteroatoms. The van der Waals surface area contributed by atoms with Crippen molar-refractivity contribution in [2.75, 3.05) is 19.6 Å². The molecule has 1 aromatic heterocycles. The first-order valence-corrected chi connectivity index (χ1v) is 7.36. The van der Waals surface area contributed by atoms with Crippen LogP contribution in [0.2, 0.25) is 0 Å². The average molecular weight is 295 g/mol. The van der Waals surface area contributed by atoms with Gasteiger partial charge < -0.3 is 15.5 Å². The second-order valence-corrected chi connectivity index (χ2v) is 5.58. The van der Waals surface area contributed by atoms with Crippen LogP contribution in [-0.2, 0) is 9.59 Å². The quantitative estimate of drug-likeness (QED) is 0.837. The highest BCUT2D eigenvalue weighted by molar-refractivity contribution is 7.12. The van der Waals surface area contributed by atoms with Gasteiger partial charge in [0.05, 0.1) is 11.4 Å². The number of hydrogen-bond acceptors (Lipinski definition) is 4. The SMILES string of the molecule is CC(NC(=O)c1cccs1)C(=O)N1CCCNC(=O)C1. The maximum atomic E-state index is 12.2. The van der Waals surface area contributed by atoms with Crippen molar-refractivity contribution in [1.82, 2.24) is 15.5 Å². The number of carbonyl (C=O) groups excluding carboxylic acids is 3. The number of nitrogens with zero attached hydrogens (tertiary/aromatic N) is 1. The molecule has 0 aromatic carbocycles. The summed E-state index contributed by atoms with van der Waals surface area (Å²) >= 11 is 1.32. The molecule has 0 aliphatic carbocycles. The Balaban J connectivity index is 1.94. The van der Waals surface area contributed by atoms with Crippen molar-refractivity contribution in [2.24, 2.45) is 0 Å². The van der Waals surface area contributed by atoms with Gasteiger partial charge in [-0.25, -0.2) is 0 Å². The predicted molar refractivity (Wildman–Crippen MR) is 75.5 cm³/mol. The number of carbonyl (C=O) groups is 3. The summed E-state index contributed by atoms with van der Waals surface area (Å²) in [6, 6.07) is 2.84. The first kappa shape index (κ1) is 14.5. The molecule has 20 heavy (non-hydrogen) atoms. The van der Waals surface area contributed by atoms with E-state index in [0.717, 1.165) is 6.42 Å². The highest BCUT2D eigenvalue weighted by Gasteiger charge is 2.25. The van der Waals surface area contributed by atoms with E-state index in [0.29, 0.717) is 18.0 Å². The zero-order chi connectivity index (χ0) is 14.5. The zero-order valence-electron chi connectivity index (χ0n) is 11.2. The second-order valence-electron chi connectivity index (χ2n) is 4.64. The second kappa shape index (κ2) is 6.51. The summed E-state index contributed by atoms with van der Waals surface area (Å²) in [6.45, 7) is 2.80. The minimum atomic E-state index is -0.643. The molecule has 1 aliphatic rings. The van der Waals surface area contributed by atoms with Crippen molar-refractivity contribution in [3.63, 3.8) is 0 Å². The molecular weight excluding hydrogens is 278 g/mol. The molecule has 2 heterocycles. The fraction of sp³-hybridized carbons (Fsp3) is 0.462. The third-order valence-corrected chi connectivity index (χ3v) is 3.90. The summed E-state index contributed by atoms with van der Waals surface area (Å²) in [6.07, 6.45) is 0.725. The lowest BCUT2D eigenvalue weighted by molar-refractivity contribution is -0.136. The van der Waals surface area contributed by atoms with Crippen LogP contribution in [-0.4, -0.2) is 48.3 Å². The maximum absolute atomic E-state index is 12.2. The number of hydrogen-bond donors (Lipinski definition) is 2. The van der Waals surface area contributed by atoms with Gasteiger partial charge in [-0.3, -0.25) is 14.4 Å². The van der Waals surface area contributed by atoms with E-state index in [1.54, 1.807) is 24.4 Å². The van der Waals surface area contributed by atoms with Gasteiger partial charge in [-0.15, -0.1) is 11.3 Å². The summed E-state index contributed by atoms with van der Waals surface area (Å²) in [4.78, 5) is 37.6. The van der Waals surface area contributed by atoms with Crippen LogP contribution in [0.1, 0.15) is 23.0 Å². The predicted octanol–water partition coefficient (Wildman–Crippen LogP) is 0.215. The van der Waals surface area contributed by atoms with Crippen molar-refractivity contribution in [1.29, 1.82) is 0 Å². The molecule has 1 saturated heterocycles.